The molecule has 0 aromatic heterocycles. The van der Waals surface area contributed by atoms with Gasteiger partial charge in [-0.1, -0.05) is 12.8 Å². The lowest BCUT2D eigenvalue weighted by molar-refractivity contribution is -0.116. The largest absolute Gasteiger partial charge is 0.343 e. The summed E-state index contributed by atoms with van der Waals surface area (Å²) in [5.74, 6) is 5.81. The molecule has 1 aliphatic rings. The number of hydrogen-bond acceptors (Lipinski definition) is 1. The highest BCUT2D eigenvalue weighted by Gasteiger charge is 2.18. The van der Waals surface area contributed by atoms with E-state index in [9.17, 15) is 4.79 Å². The van der Waals surface area contributed by atoms with E-state index in [4.69, 9.17) is 0 Å². The van der Waals surface area contributed by atoms with E-state index in [-0.39, 0.29) is 7.33 Å². The minimum absolute atomic E-state index is 0. The Hall–Kier alpha value is -0.970. The van der Waals surface area contributed by atoms with E-state index >= 15 is 0 Å². The van der Waals surface area contributed by atoms with Crippen LogP contribution in [0.25, 0.3) is 0 Å². The van der Waals surface area contributed by atoms with Crippen molar-refractivity contribution < 1.29 is 6.22 Å². The van der Waals surface area contributed by atoms with Crippen LogP contribution in [0, 0.1) is 17.8 Å². The van der Waals surface area contributed by atoms with Crippen molar-refractivity contribution in [2.45, 2.75) is 45.6 Å². The third kappa shape index (κ3) is 3.50. The van der Waals surface area contributed by atoms with Crippen molar-refractivity contribution in [2.75, 3.05) is 0 Å². The highest BCUT2D eigenvalue weighted by atomic mass is 16.1. The molecule has 0 spiro atoms. The first-order valence-electron chi connectivity index (χ1n) is 4.95. The molecule has 1 amide bonds. The first-order chi connectivity index (χ1) is 6.22. The molecular formula is C11H19NO. The fraction of sp³-hybridized carbons (Fsp3) is 0.727. The number of amides is 1. The van der Waals surface area contributed by atoms with Crippen molar-refractivity contribution in [3.05, 3.63) is 0 Å². The molecule has 74 valence electrons. The summed E-state index contributed by atoms with van der Waals surface area (Å²) < 4.78 is 0. The quantitative estimate of drug-likeness (QED) is 0.615. The molecule has 0 radical (unpaired) electrons. The van der Waals surface area contributed by atoms with E-state index in [2.05, 4.69) is 24.1 Å². The maximum Gasteiger partial charge on any atom is 0.296 e. The van der Waals surface area contributed by atoms with Gasteiger partial charge in [0, 0.05) is 7.47 Å². The summed E-state index contributed by atoms with van der Waals surface area (Å²) in [6.45, 7) is 3.95. The predicted octanol–water partition coefficient (Wildman–Crippen LogP) is 1.95. The Bertz CT molecular complexity index is 233. The van der Waals surface area contributed by atoms with Gasteiger partial charge in [0.1, 0.15) is 0 Å². The number of rotatable bonds is 1. The molecule has 1 N–H and O–H groups in total. The third-order valence-electron chi connectivity index (χ3n) is 2.59. The monoisotopic (exact) mass is 181 g/mol. The molecule has 0 aliphatic heterocycles. The van der Waals surface area contributed by atoms with Crippen molar-refractivity contribution >= 4 is 5.91 Å². The number of carbonyl (C=O) groups excluding carboxylic acids is 1. The summed E-state index contributed by atoms with van der Waals surface area (Å²) in [4.78, 5) is 11.1. The van der Waals surface area contributed by atoms with E-state index in [1.54, 1.807) is 6.92 Å². The van der Waals surface area contributed by atoms with Crippen molar-refractivity contribution in [1.29, 1.82) is 0 Å². The van der Waals surface area contributed by atoms with Crippen LogP contribution in [0.1, 0.15) is 41.0 Å². The molecular weight excluding hydrogens is 162 g/mol. The zero-order valence-electron chi connectivity index (χ0n) is 8.39. The Kier molecular flexibility index (Phi) is 3.82. The molecule has 0 bridgehead atoms. The van der Waals surface area contributed by atoms with Crippen LogP contribution in [0.5, 0.6) is 0 Å². The van der Waals surface area contributed by atoms with Gasteiger partial charge in [0.2, 0.25) is 0 Å². The van der Waals surface area contributed by atoms with Crippen LogP contribution in [0.3, 0.4) is 0 Å². The SMILES string of the molecule is CC#CC(=O)NC1CCC(C)CC1.[HH]. The summed E-state index contributed by atoms with van der Waals surface area (Å²) >= 11 is 0. The van der Waals surface area contributed by atoms with Crippen molar-refractivity contribution in [1.82, 2.24) is 5.32 Å². The molecule has 0 saturated heterocycles. The maximum absolute atomic E-state index is 11.1. The molecule has 1 saturated carbocycles. The Morgan fingerprint density at radius 3 is 2.54 bits per heavy atom. The van der Waals surface area contributed by atoms with Crippen LogP contribution in [-0.4, -0.2) is 11.9 Å². The average Bonchev–Trinajstić information content (AvgIpc) is 2.09. The van der Waals surface area contributed by atoms with Crippen molar-refractivity contribution in [3.63, 3.8) is 0 Å². The van der Waals surface area contributed by atoms with Gasteiger partial charge >= 0.3 is 0 Å². The topological polar surface area (TPSA) is 29.1 Å². The lowest BCUT2D eigenvalue weighted by atomic mass is 9.87. The lowest BCUT2D eigenvalue weighted by Crippen LogP contribution is -2.36. The Balaban J connectivity index is 0.00000169. The second-order valence-electron chi connectivity index (χ2n) is 3.81. The molecule has 1 aliphatic carbocycles. The van der Waals surface area contributed by atoms with Crippen LogP contribution < -0.4 is 5.32 Å². The predicted molar refractivity (Wildman–Crippen MR) is 55.1 cm³/mol. The number of nitrogens with one attached hydrogen (secondary N) is 1. The summed E-state index contributed by atoms with van der Waals surface area (Å²) in [5, 5.41) is 2.93. The van der Waals surface area contributed by atoms with Crippen LogP contribution >= 0.6 is 0 Å². The molecule has 2 nitrogen and oxygen atoms in total. The summed E-state index contributed by atoms with van der Waals surface area (Å²) in [6, 6.07) is 0.365. The Morgan fingerprint density at radius 1 is 1.38 bits per heavy atom. The van der Waals surface area contributed by atoms with Gasteiger partial charge in [0.15, 0.2) is 0 Å². The lowest BCUT2D eigenvalue weighted by Gasteiger charge is -2.26. The molecule has 13 heavy (non-hydrogen) atoms. The molecule has 0 atom stereocenters. The second kappa shape index (κ2) is 4.91. The minimum atomic E-state index is -0.123. The van der Waals surface area contributed by atoms with Crippen molar-refractivity contribution in [3.8, 4) is 11.8 Å². The van der Waals surface area contributed by atoms with Gasteiger partial charge in [-0.05, 0) is 44.4 Å². The molecule has 0 heterocycles. The zero-order chi connectivity index (χ0) is 9.68. The highest BCUT2D eigenvalue weighted by Crippen LogP contribution is 2.23. The average molecular weight is 181 g/mol. The molecule has 0 aromatic rings. The summed E-state index contributed by atoms with van der Waals surface area (Å²) in [5.41, 5.74) is 0. The second-order valence-corrected chi connectivity index (χ2v) is 3.81. The van der Waals surface area contributed by atoms with Gasteiger partial charge < -0.3 is 5.32 Å². The van der Waals surface area contributed by atoms with Gasteiger partial charge in [-0.15, -0.1) is 0 Å². The molecule has 1 fully saturated rings. The number of carbonyl (C=O) groups is 1. The van der Waals surface area contributed by atoms with Gasteiger partial charge in [0.25, 0.3) is 5.91 Å². The maximum atomic E-state index is 11.1. The Labute approximate surface area is 81.6 Å². The van der Waals surface area contributed by atoms with Gasteiger partial charge in [0.05, 0.1) is 0 Å². The van der Waals surface area contributed by atoms with E-state index in [1.165, 1.54) is 12.8 Å². The first kappa shape index (κ1) is 10.1. The fourth-order valence-corrected chi connectivity index (χ4v) is 1.74. The van der Waals surface area contributed by atoms with Crippen LogP contribution in [-0.2, 0) is 4.79 Å². The first-order valence-corrected chi connectivity index (χ1v) is 4.95. The van der Waals surface area contributed by atoms with Gasteiger partial charge in [-0.3, -0.25) is 4.79 Å². The van der Waals surface area contributed by atoms with E-state index < -0.39 is 0 Å². The van der Waals surface area contributed by atoms with Crippen LogP contribution in [0.4, 0.5) is 0 Å². The van der Waals surface area contributed by atoms with Crippen molar-refractivity contribution in [2.24, 2.45) is 5.92 Å². The molecule has 0 unspecified atom stereocenters. The fourth-order valence-electron chi connectivity index (χ4n) is 1.74. The third-order valence-corrected chi connectivity index (χ3v) is 2.59. The van der Waals surface area contributed by atoms with E-state index in [0.717, 1.165) is 18.8 Å². The van der Waals surface area contributed by atoms with Crippen LogP contribution in [0.15, 0.2) is 0 Å². The van der Waals surface area contributed by atoms with Gasteiger partial charge in [-0.2, -0.15) is 0 Å². The number of hydrogen-bond donors (Lipinski definition) is 1. The summed E-state index contributed by atoms with van der Waals surface area (Å²) in [7, 11) is 0. The van der Waals surface area contributed by atoms with E-state index in [1.807, 2.05) is 0 Å². The standard InChI is InChI=1S/C11H17NO.H2/c1-3-4-11(13)12-10-7-5-9(2)6-8-10;/h9-10H,5-8H2,1-2H3,(H,12,13);1H. The van der Waals surface area contributed by atoms with E-state index in [0.29, 0.717) is 6.04 Å². The minimum Gasteiger partial charge on any atom is -0.343 e. The highest BCUT2D eigenvalue weighted by molar-refractivity contribution is 5.93. The molecule has 2 heteroatoms. The summed E-state index contributed by atoms with van der Waals surface area (Å²) in [6.07, 6.45) is 4.67. The van der Waals surface area contributed by atoms with Crippen LogP contribution in [0.2, 0.25) is 0 Å². The Morgan fingerprint density at radius 2 is 2.00 bits per heavy atom. The molecule has 1 rings (SSSR count). The van der Waals surface area contributed by atoms with Gasteiger partial charge in [-0.25, -0.2) is 0 Å². The molecule has 0 aromatic carbocycles. The zero-order valence-corrected chi connectivity index (χ0v) is 8.39. The normalized spacial score (nSPS) is 27.2. The smallest absolute Gasteiger partial charge is 0.296 e.